The van der Waals surface area contributed by atoms with Gasteiger partial charge in [0.2, 0.25) is 0 Å². The normalized spacial score (nSPS) is 49.6. The van der Waals surface area contributed by atoms with E-state index in [9.17, 15) is 30.0 Å². The number of carbonyl (C=O) groups is 2. The van der Waals surface area contributed by atoms with Gasteiger partial charge in [-0.3, -0.25) is 4.79 Å². The second-order valence-corrected chi connectivity index (χ2v) is 16.9. The van der Waals surface area contributed by atoms with Crippen LogP contribution in [0.1, 0.15) is 101 Å². The number of cyclic esters (lactones) is 1. The molecule has 0 aromatic rings. The van der Waals surface area contributed by atoms with Gasteiger partial charge in [0.25, 0.3) is 0 Å². The molecule has 3 aliphatic heterocycles. The van der Waals surface area contributed by atoms with Gasteiger partial charge in [0, 0.05) is 37.8 Å². The first kappa shape index (κ1) is 44.1. The van der Waals surface area contributed by atoms with E-state index >= 15 is 0 Å². The predicted molar refractivity (Wildman–Crippen MR) is 189 cm³/mol. The molecule has 0 saturated carbocycles. The number of hydrogen-bond donors (Lipinski definition) is 4. The number of likely N-dealkylation sites (N-methyl/N-ethyl adjacent to an activating group) is 1. The van der Waals surface area contributed by atoms with Gasteiger partial charge in [-0.2, -0.15) is 0 Å². The summed E-state index contributed by atoms with van der Waals surface area (Å²) in [6, 6.07) is -0.290. The van der Waals surface area contributed by atoms with Gasteiger partial charge in [-0.25, -0.2) is 0 Å². The Kier molecular flexibility index (Phi) is 15.1. The van der Waals surface area contributed by atoms with Crippen molar-refractivity contribution >= 4 is 12.3 Å². The summed E-state index contributed by atoms with van der Waals surface area (Å²) in [5, 5.41) is 47.2. The van der Waals surface area contributed by atoms with E-state index in [-0.39, 0.29) is 31.1 Å². The average molecular weight is 732 g/mol. The Balaban J connectivity index is 2.19. The monoisotopic (exact) mass is 731 g/mol. The van der Waals surface area contributed by atoms with Gasteiger partial charge in [-0.05, 0) is 86.7 Å². The Morgan fingerprint density at radius 2 is 1.55 bits per heavy atom. The molecule has 0 unspecified atom stereocenters. The van der Waals surface area contributed by atoms with Crippen LogP contribution >= 0.6 is 0 Å². The van der Waals surface area contributed by atoms with Crippen molar-refractivity contribution in [1.29, 1.82) is 0 Å². The largest absolute Gasteiger partial charge is 0.459 e. The molecule has 0 amide bonds. The van der Waals surface area contributed by atoms with Crippen LogP contribution in [-0.2, 0) is 38.0 Å². The standard InChI is InChI=1S/C38H69NO12/c1-14-28-38(10,45)32(42)23(5)26(19-40)20(2)16-37(9,44)33(51-35-30(41)27(39(11)12)15-21(3)48-35)24(6)31(25(7)34(43)49-28)50-29-18-36(8,46-13)17-22(4)47-29/h19-33,35,41-42,44-45H,14-18H2,1-13H3/t20-,21-,22+,23+,24+,25-,26+,27+,28-,29+,30-,31+,32-,33-,35+,36+,37-,38-/m1/s1. The zero-order chi connectivity index (χ0) is 38.8. The van der Waals surface area contributed by atoms with E-state index in [2.05, 4.69) is 0 Å². The molecule has 298 valence electrons. The van der Waals surface area contributed by atoms with Crippen LogP contribution in [0.4, 0.5) is 0 Å². The van der Waals surface area contributed by atoms with Gasteiger partial charge >= 0.3 is 5.97 Å². The lowest BCUT2D eigenvalue weighted by Gasteiger charge is -2.49. The molecule has 0 radical (unpaired) electrons. The van der Waals surface area contributed by atoms with E-state index in [1.54, 1.807) is 34.8 Å². The van der Waals surface area contributed by atoms with E-state index in [4.69, 9.17) is 28.4 Å². The molecule has 0 aromatic carbocycles. The molecule has 0 spiro atoms. The minimum atomic E-state index is -1.90. The summed E-state index contributed by atoms with van der Waals surface area (Å²) in [5.74, 6) is -4.50. The number of esters is 1. The molecule has 3 saturated heterocycles. The smallest absolute Gasteiger partial charge is 0.311 e. The third-order valence-electron chi connectivity index (χ3n) is 12.1. The number of hydrogen-bond acceptors (Lipinski definition) is 13. The van der Waals surface area contributed by atoms with E-state index < -0.39 is 95.5 Å². The molecule has 51 heavy (non-hydrogen) atoms. The Morgan fingerprint density at radius 1 is 0.922 bits per heavy atom. The van der Waals surface area contributed by atoms with Crippen molar-refractivity contribution in [2.24, 2.45) is 29.6 Å². The summed E-state index contributed by atoms with van der Waals surface area (Å²) in [6.45, 7) is 17.5. The lowest BCUT2D eigenvalue weighted by molar-refractivity contribution is -0.310. The second kappa shape index (κ2) is 17.5. The summed E-state index contributed by atoms with van der Waals surface area (Å²) in [4.78, 5) is 28.7. The highest BCUT2D eigenvalue weighted by molar-refractivity contribution is 5.73. The molecule has 3 aliphatic rings. The van der Waals surface area contributed by atoms with E-state index in [0.29, 0.717) is 19.3 Å². The fourth-order valence-corrected chi connectivity index (χ4v) is 8.94. The van der Waals surface area contributed by atoms with Gasteiger partial charge < -0.3 is 58.5 Å². The van der Waals surface area contributed by atoms with Crippen LogP contribution in [0.5, 0.6) is 0 Å². The third kappa shape index (κ3) is 10.1. The first-order valence-corrected chi connectivity index (χ1v) is 18.8. The number of rotatable bonds is 8. The fraction of sp³-hybridized carbons (Fsp3) is 0.947. The van der Waals surface area contributed by atoms with Crippen molar-refractivity contribution in [3.8, 4) is 0 Å². The summed E-state index contributed by atoms with van der Waals surface area (Å²) in [7, 11) is 5.38. The average Bonchev–Trinajstić information content (AvgIpc) is 3.03. The van der Waals surface area contributed by atoms with Gasteiger partial charge in [0.05, 0.1) is 47.6 Å². The summed E-state index contributed by atoms with van der Waals surface area (Å²) < 4.78 is 37.7. The number of methoxy groups -OCH3 is 1. The molecule has 13 nitrogen and oxygen atoms in total. The maximum Gasteiger partial charge on any atom is 0.311 e. The minimum absolute atomic E-state index is 0.0293. The van der Waals surface area contributed by atoms with Gasteiger partial charge in [0.15, 0.2) is 12.6 Å². The maximum atomic E-state index is 14.1. The molecular formula is C38H69NO12. The van der Waals surface area contributed by atoms with Crippen molar-refractivity contribution in [3.63, 3.8) is 0 Å². The predicted octanol–water partition coefficient (Wildman–Crippen LogP) is 3.06. The van der Waals surface area contributed by atoms with Gasteiger partial charge in [-0.15, -0.1) is 0 Å². The first-order valence-electron chi connectivity index (χ1n) is 18.8. The zero-order valence-corrected chi connectivity index (χ0v) is 33.3. The highest BCUT2D eigenvalue weighted by atomic mass is 16.7. The lowest BCUT2D eigenvalue weighted by Crippen LogP contribution is -2.60. The maximum absolute atomic E-state index is 14.1. The van der Waals surface area contributed by atoms with Crippen molar-refractivity contribution < 1.29 is 58.4 Å². The lowest BCUT2D eigenvalue weighted by atomic mass is 9.70. The number of carbonyl (C=O) groups excluding carboxylic acids is 2. The van der Waals surface area contributed by atoms with E-state index in [1.165, 1.54) is 6.92 Å². The fourth-order valence-electron chi connectivity index (χ4n) is 8.94. The van der Waals surface area contributed by atoms with Crippen LogP contribution in [0, 0.1) is 29.6 Å². The minimum Gasteiger partial charge on any atom is -0.459 e. The highest BCUT2D eigenvalue weighted by Crippen LogP contribution is 2.42. The molecule has 3 rings (SSSR count). The van der Waals surface area contributed by atoms with Crippen LogP contribution in [0.15, 0.2) is 0 Å². The van der Waals surface area contributed by atoms with Crippen LogP contribution < -0.4 is 0 Å². The summed E-state index contributed by atoms with van der Waals surface area (Å²) in [6.07, 6.45) is -5.64. The Bertz CT molecular complexity index is 1140. The van der Waals surface area contributed by atoms with Crippen LogP contribution in [0.3, 0.4) is 0 Å². The molecule has 13 heteroatoms. The third-order valence-corrected chi connectivity index (χ3v) is 12.1. The molecule has 18 atom stereocenters. The van der Waals surface area contributed by atoms with E-state index in [0.717, 1.165) is 6.29 Å². The SMILES string of the molecule is CC[C@H]1OC(=O)[C@H](C)[C@@H](O[C@H]2C[C@@](C)(OC)C[C@H](C)O2)[C@H](C)[C@@H](O[C@@H]2O[C@H](C)C[C@H](N(C)C)[C@H]2O)[C@](C)(O)C[C@@H](C)[C@H](C=O)[C@H](C)[C@@H](O)[C@]1(C)O. The molecule has 3 fully saturated rings. The highest BCUT2D eigenvalue weighted by Gasteiger charge is 2.52. The van der Waals surface area contributed by atoms with E-state index in [1.807, 2.05) is 53.6 Å². The van der Waals surface area contributed by atoms with Crippen LogP contribution in [0.2, 0.25) is 0 Å². The Labute approximate surface area is 305 Å². The first-order chi connectivity index (χ1) is 23.5. The number of aldehydes is 1. The van der Waals surface area contributed by atoms with Gasteiger partial charge in [-0.1, -0.05) is 27.7 Å². The molecule has 0 aliphatic carbocycles. The summed E-state index contributed by atoms with van der Waals surface area (Å²) >= 11 is 0. The topological polar surface area (TPSA) is 174 Å². The molecular weight excluding hydrogens is 662 g/mol. The second-order valence-electron chi connectivity index (χ2n) is 16.9. The number of nitrogens with zero attached hydrogens (tertiary/aromatic N) is 1. The zero-order valence-electron chi connectivity index (χ0n) is 33.3. The molecule has 4 N–H and O–H groups in total. The Hall–Kier alpha value is -1.26. The number of aliphatic hydroxyl groups is 4. The number of ether oxygens (including phenoxy) is 6. The molecule has 0 aromatic heterocycles. The summed E-state index contributed by atoms with van der Waals surface area (Å²) in [5.41, 5.74) is -4.15. The molecule has 3 heterocycles. The van der Waals surface area contributed by atoms with Crippen molar-refractivity contribution in [2.45, 2.75) is 179 Å². The van der Waals surface area contributed by atoms with Crippen LogP contribution in [-0.4, -0.2) is 137 Å². The van der Waals surface area contributed by atoms with Crippen LogP contribution in [0.25, 0.3) is 0 Å². The van der Waals surface area contributed by atoms with Crippen molar-refractivity contribution in [3.05, 3.63) is 0 Å². The van der Waals surface area contributed by atoms with Crippen molar-refractivity contribution in [1.82, 2.24) is 4.90 Å². The number of aliphatic hydroxyl groups excluding tert-OH is 2. The quantitative estimate of drug-likeness (QED) is 0.212. The molecule has 0 bridgehead atoms. The van der Waals surface area contributed by atoms with Crippen molar-refractivity contribution in [2.75, 3.05) is 21.2 Å². The Morgan fingerprint density at radius 3 is 2.10 bits per heavy atom. The van der Waals surface area contributed by atoms with Gasteiger partial charge in [0.1, 0.15) is 24.1 Å².